The second kappa shape index (κ2) is 7.87. The largest absolute Gasteiger partial charge is 0.492 e. The first-order chi connectivity index (χ1) is 9.75. The Bertz CT molecular complexity index is 430. The van der Waals surface area contributed by atoms with Crippen molar-refractivity contribution < 1.29 is 19.4 Å². The van der Waals surface area contributed by atoms with Crippen LogP contribution >= 0.6 is 0 Å². The molecule has 1 atom stereocenters. The van der Waals surface area contributed by atoms with Crippen LogP contribution in [0.4, 0.5) is 0 Å². The predicted molar refractivity (Wildman–Crippen MR) is 75.4 cm³/mol. The maximum atomic E-state index is 10.8. The molecule has 2 N–H and O–H groups in total. The molecule has 110 valence electrons. The second-order valence-electron chi connectivity index (χ2n) is 4.86. The maximum Gasteiger partial charge on any atom is 0.335 e. The van der Waals surface area contributed by atoms with Gasteiger partial charge in [0.25, 0.3) is 0 Å². The molecule has 0 aliphatic carbocycles. The minimum atomic E-state index is -0.940. The van der Waals surface area contributed by atoms with E-state index >= 15 is 0 Å². The molecule has 0 bridgehead atoms. The van der Waals surface area contributed by atoms with Crippen LogP contribution in [0.1, 0.15) is 29.6 Å². The molecule has 1 heterocycles. The lowest BCUT2D eigenvalue weighted by molar-refractivity contribution is 0.0696. The molecule has 0 amide bonds. The third kappa shape index (κ3) is 4.83. The van der Waals surface area contributed by atoms with E-state index in [1.54, 1.807) is 18.2 Å². The van der Waals surface area contributed by atoms with Crippen molar-refractivity contribution >= 4 is 5.97 Å². The van der Waals surface area contributed by atoms with Gasteiger partial charge in [-0.25, -0.2) is 4.79 Å². The summed E-state index contributed by atoms with van der Waals surface area (Å²) in [6.45, 7) is 3.08. The lowest BCUT2D eigenvalue weighted by Crippen LogP contribution is -2.24. The van der Waals surface area contributed by atoms with Gasteiger partial charge in [-0.3, -0.25) is 0 Å². The van der Waals surface area contributed by atoms with Crippen LogP contribution in [0.15, 0.2) is 24.3 Å². The molecule has 5 heteroatoms. The molecule has 20 heavy (non-hydrogen) atoms. The van der Waals surface area contributed by atoms with Crippen LogP contribution < -0.4 is 10.1 Å². The fraction of sp³-hybridized carbons (Fsp3) is 0.533. The maximum absolute atomic E-state index is 10.8. The minimum Gasteiger partial charge on any atom is -0.492 e. The third-order valence-electron chi connectivity index (χ3n) is 3.30. The lowest BCUT2D eigenvalue weighted by atomic mass is 10.2. The highest BCUT2D eigenvalue weighted by Crippen LogP contribution is 2.14. The van der Waals surface area contributed by atoms with Gasteiger partial charge in [-0.05, 0) is 44.0 Å². The second-order valence-corrected chi connectivity index (χ2v) is 4.86. The molecule has 1 aliphatic rings. The Labute approximate surface area is 118 Å². The van der Waals surface area contributed by atoms with E-state index in [2.05, 4.69) is 5.32 Å². The molecule has 5 nitrogen and oxygen atoms in total. The summed E-state index contributed by atoms with van der Waals surface area (Å²) < 4.78 is 11.0. The summed E-state index contributed by atoms with van der Waals surface area (Å²) in [5.74, 6) is -0.351. The summed E-state index contributed by atoms with van der Waals surface area (Å²) in [6, 6.07) is 6.53. The smallest absolute Gasteiger partial charge is 0.335 e. The molecule has 0 aromatic heterocycles. The van der Waals surface area contributed by atoms with Crippen molar-refractivity contribution in [3.05, 3.63) is 29.8 Å². The van der Waals surface area contributed by atoms with Crippen molar-refractivity contribution in [2.75, 3.05) is 26.3 Å². The quantitative estimate of drug-likeness (QED) is 0.712. The van der Waals surface area contributed by atoms with Crippen LogP contribution in [0.25, 0.3) is 0 Å². The Morgan fingerprint density at radius 3 is 3.10 bits per heavy atom. The van der Waals surface area contributed by atoms with Crippen molar-refractivity contribution in [1.82, 2.24) is 5.32 Å². The van der Waals surface area contributed by atoms with E-state index < -0.39 is 5.97 Å². The number of carboxylic acid groups (broad SMARTS) is 1. The van der Waals surface area contributed by atoms with Gasteiger partial charge in [0.15, 0.2) is 0 Å². The van der Waals surface area contributed by atoms with Gasteiger partial charge < -0.3 is 19.9 Å². The third-order valence-corrected chi connectivity index (χ3v) is 3.30. The molecule has 1 saturated heterocycles. The zero-order chi connectivity index (χ0) is 14.2. The van der Waals surface area contributed by atoms with Crippen molar-refractivity contribution in [2.24, 2.45) is 0 Å². The number of benzene rings is 1. The molecule has 1 aromatic carbocycles. The van der Waals surface area contributed by atoms with E-state index in [1.165, 1.54) is 18.9 Å². The Balaban J connectivity index is 1.58. The first kappa shape index (κ1) is 14.8. The Morgan fingerprint density at radius 1 is 1.45 bits per heavy atom. The molecule has 0 spiro atoms. The molecule has 1 fully saturated rings. The van der Waals surface area contributed by atoms with E-state index in [1.807, 2.05) is 0 Å². The predicted octanol–water partition coefficient (Wildman–Crippen LogP) is 1.92. The van der Waals surface area contributed by atoms with E-state index in [-0.39, 0.29) is 5.56 Å². The average Bonchev–Trinajstić information content (AvgIpc) is 2.96. The molecule has 2 rings (SSSR count). The summed E-state index contributed by atoms with van der Waals surface area (Å²) in [6.07, 6.45) is 3.79. The van der Waals surface area contributed by atoms with E-state index in [9.17, 15) is 4.79 Å². The summed E-state index contributed by atoms with van der Waals surface area (Å²) in [4.78, 5) is 10.8. The van der Waals surface area contributed by atoms with Crippen LogP contribution in [-0.4, -0.2) is 43.5 Å². The monoisotopic (exact) mass is 279 g/mol. The number of aromatic carboxylic acids is 1. The zero-order valence-electron chi connectivity index (χ0n) is 11.5. The molecular formula is C15H21NO4. The Morgan fingerprint density at radius 2 is 2.35 bits per heavy atom. The number of rotatable bonds is 8. The number of carboxylic acids is 1. The highest BCUT2D eigenvalue weighted by Gasteiger charge is 2.14. The van der Waals surface area contributed by atoms with Crippen molar-refractivity contribution in [2.45, 2.75) is 25.4 Å². The first-order valence-electron chi connectivity index (χ1n) is 7.04. The van der Waals surface area contributed by atoms with Gasteiger partial charge in [-0.15, -0.1) is 0 Å². The highest BCUT2D eigenvalue weighted by molar-refractivity contribution is 5.87. The Hall–Kier alpha value is -1.59. The van der Waals surface area contributed by atoms with E-state index in [0.717, 1.165) is 26.1 Å². The van der Waals surface area contributed by atoms with Crippen LogP contribution in [0.2, 0.25) is 0 Å². The SMILES string of the molecule is O=C(O)c1cccc(OCCNCCC2CCCO2)c1. The van der Waals surface area contributed by atoms with Gasteiger partial charge in [-0.1, -0.05) is 6.07 Å². The van der Waals surface area contributed by atoms with Crippen molar-refractivity contribution in [3.8, 4) is 5.75 Å². The molecule has 1 aliphatic heterocycles. The number of carbonyl (C=O) groups is 1. The van der Waals surface area contributed by atoms with Gasteiger partial charge in [-0.2, -0.15) is 0 Å². The van der Waals surface area contributed by atoms with Gasteiger partial charge in [0.2, 0.25) is 0 Å². The Kier molecular flexibility index (Phi) is 5.83. The zero-order valence-corrected chi connectivity index (χ0v) is 11.5. The van der Waals surface area contributed by atoms with Crippen LogP contribution in [-0.2, 0) is 4.74 Å². The molecule has 0 saturated carbocycles. The summed E-state index contributed by atoms with van der Waals surface area (Å²) in [5, 5.41) is 12.2. The number of nitrogens with one attached hydrogen (secondary N) is 1. The minimum absolute atomic E-state index is 0.244. The fourth-order valence-corrected chi connectivity index (χ4v) is 2.22. The average molecular weight is 279 g/mol. The fourth-order valence-electron chi connectivity index (χ4n) is 2.22. The van der Waals surface area contributed by atoms with Gasteiger partial charge in [0.1, 0.15) is 12.4 Å². The van der Waals surface area contributed by atoms with Crippen LogP contribution in [0.5, 0.6) is 5.75 Å². The molecular weight excluding hydrogens is 258 g/mol. The number of hydrogen-bond donors (Lipinski definition) is 2. The standard InChI is InChI=1S/C15H21NO4/c17-15(18)12-3-1-4-14(11-12)20-10-8-16-7-6-13-5-2-9-19-13/h1,3-4,11,13,16H,2,5-10H2,(H,17,18). The first-order valence-corrected chi connectivity index (χ1v) is 7.04. The summed E-state index contributed by atoms with van der Waals surface area (Å²) in [7, 11) is 0. The van der Waals surface area contributed by atoms with Gasteiger partial charge in [0.05, 0.1) is 11.7 Å². The summed E-state index contributed by atoms with van der Waals surface area (Å²) >= 11 is 0. The number of ether oxygens (including phenoxy) is 2. The lowest BCUT2D eigenvalue weighted by Gasteiger charge is -2.11. The van der Waals surface area contributed by atoms with E-state index in [0.29, 0.717) is 18.5 Å². The van der Waals surface area contributed by atoms with Crippen LogP contribution in [0.3, 0.4) is 0 Å². The topological polar surface area (TPSA) is 67.8 Å². The van der Waals surface area contributed by atoms with E-state index in [4.69, 9.17) is 14.6 Å². The summed E-state index contributed by atoms with van der Waals surface area (Å²) in [5.41, 5.74) is 0.244. The highest BCUT2D eigenvalue weighted by atomic mass is 16.5. The molecule has 1 unspecified atom stereocenters. The van der Waals surface area contributed by atoms with Crippen molar-refractivity contribution in [1.29, 1.82) is 0 Å². The van der Waals surface area contributed by atoms with Crippen molar-refractivity contribution in [3.63, 3.8) is 0 Å². The number of hydrogen-bond acceptors (Lipinski definition) is 4. The normalized spacial score (nSPS) is 18.1. The van der Waals surface area contributed by atoms with Gasteiger partial charge >= 0.3 is 5.97 Å². The molecule has 1 aromatic rings. The molecule has 0 radical (unpaired) electrons. The van der Waals surface area contributed by atoms with Crippen LogP contribution in [0, 0.1) is 0 Å². The van der Waals surface area contributed by atoms with Gasteiger partial charge in [0, 0.05) is 13.2 Å².